The van der Waals surface area contributed by atoms with Crippen LogP contribution in [-0.2, 0) is 0 Å². The van der Waals surface area contributed by atoms with Gasteiger partial charge in [0.2, 0.25) is 0 Å². The van der Waals surface area contributed by atoms with Crippen LogP contribution >= 0.6 is 0 Å². The van der Waals surface area contributed by atoms with Gasteiger partial charge in [0.05, 0.1) is 11.7 Å². The van der Waals surface area contributed by atoms with Gasteiger partial charge in [-0.2, -0.15) is 5.10 Å². The van der Waals surface area contributed by atoms with Crippen molar-refractivity contribution in [3.05, 3.63) is 53.6 Å². The van der Waals surface area contributed by atoms with Crippen LogP contribution in [0, 0.1) is 12.7 Å². The average molecular weight is 204 g/mol. The van der Waals surface area contributed by atoms with Crippen LogP contribution in [0.2, 0.25) is 0 Å². The number of aryl methyl sites for hydroxylation is 1. The number of rotatable bonds is 2. The molecule has 15 heavy (non-hydrogen) atoms. The molecule has 2 rings (SSSR count). The predicted octanol–water partition coefficient (Wildman–Crippen LogP) is 2.94. The number of aromatic nitrogens is 2. The van der Waals surface area contributed by atoms with Gasteiger partial charge in [-0.15, -0.1) is 0 Å². The van der Waals surface area contributed by atoms with E-state index in [9.17, 15) is 4.39 Å². The lowest BCUT2D eigenvalue weighted by molar-refractivity contribution is 0.558. The first-order valence-electron chi connectivity index (χ1n) is 4.94. The molecule has 0 fully saturated rings. The minimum absolute atomic E-state index is 0.138. The van der Waals surface area contributed by atoms with E-state index in [1.165, 1.54) is 12.1 Å². The Morgan fingerprint density at radius 2 is 1.87 bits per heavy atom. The maximum Gasteiger partial charge on any atom is 0.123 e. The van der Waals surface area contributed by atoms with Crippen molar-refractivity contribution in [2.45, 2.75) is 19.9 Å². The summed E-state index contributed by atoms with van der Waals surface area (Å²) in [5.74, 6) is -0.206. The zero-order chi connectivity index (χ0) is 10.8. The number of hydrogen-bond donors (Lipinski definition) is 0. The third-order valence-corrected chi connectivity index (χ3v) is 2.49. The van der Waals surface area contributed by atoms with Gasteiger partial charge in [0.25, 0.3) is 0 Å². The van der Waals surface area contributed by atoms with Crippen molar-refractivity contribution in [3.63, 3.8) is 0 Å². The smallest absolute Gasteiger partial charge is 0.123 e. The highest BCUT2D eigenvalue weighted by Crippen LogP contribution is 2.17. The van der Waals surface area contributed by atoms with E-state index >= 15 is 0 Å². The number of halogens is 1. The van der Waals surface area contributed by atoms with Crippen molar-refractivity contribution in [3.8, 4) is 0 Å². The molecule has 0 aliphatic heterocycles. The van der Waals surface area contributed by atoms with Crippen LogP contribution in [0.1, 0.15) is 24.2 Å². The Hall–Kier alpha value is -1.64. The Balaban J connectivity index is 2.28. The quantitative estimate of drug-likeness (QED) is 0.735. The van der Waals surface area contributed by atoms with Crippen LogP contribution in [0.3, 0.4) is 0 Å². The highest BCUT2D eigenvalue weighted by Gasteiger charge is 2.07. The summed E-state index contributed by atoms with van der Waals surface area (Å²) in [4.78, 5) is 0. The molecular formula is C12H13FN2. The van der Waals surface area contributed by atoms with Gasteiger partial charge in [-0.1, -0.05) is 12.1 Å². The first-order chi connectivity index (χ1) is 7.16. The monoisotopic (exact) mass is 204 g/mol. The van der Waals surface area contributed by atoms with Gasteiger partial charge in [0.15, 0.2) is 0 Å². The molecule has 1 aromatic heterocycles. The lowest BCUT2D eigenvalue weighted by atomic mass is 10.1. The van der Waals surface area contributed by atoms with Crippen molar-refractivity contribution >= 4 is 0 Å². The van der Waals surface area contributed by atoms with Crippen molar-refractivity contribution < 1.29 is 4.39 Å². The first-order valence-corrected chi connectivity index (χ1v) is 4.94. The molecule has 1 unspecified atom stereocenters. The molecule has 0 spiro atoms. The maximum atomic E-state index is 12.7. The highest BCUT2D eigenvalue weighted by atomic mass is 19.1. The molecule has 3 heteroatoms. The zero-order valence-corrected chi connectivity index (χ0v) is 8.81. The van der Waals surface area contributed by atoms with Crippen LogP contribution in [0.5, 0.6) is 0 Å². The molecule has 2 nitrogen and oxygen atoms in total. The fourth-order valence-electron chi connectivity index (χ4n) is 1.54. The molecule has 0 aliphatic rings. The molecule has 1 heterocycles. The van der Waals surface area contributed by atoms with Crippen LogP contribution in [0.25, 0.3) is 0 Å². The van der Waals surface area contributed by atoms with Gasteiger partial charge in [0.1, 0.15) is 5.82 Å². The minimum atomic E-state index is -0.206. The van der Waals surface area contributed by atoms with E-state index in [0.29, 0.717) is 0 Å². The molecule has 0 aliphatic carbocycles. The molecule has 0 radical (unpaired) electrons. The van der Waals surface area contributed by atoms with Crippen molar-refractivity contribution in [1.29, 1.82) is 0 Å². The van der Waals surface area contributed by atoms with Crippen molar-refractivity contribution in [2.75, 3.05) is 0 Å². The fourth-order valence-corrected chi connectivity index (χ4v) is 1.54. The topological polar surface area (TPSA) is 17.8 Å². The number of hydrogen-bond acceptors (Lipinski definition) is 1. The van der Waals surface area contributed by atoms with E-state index in [2.05, 4.69) is 5.10 Å². The second-order valence-electron chi connectivity index (χ2n) is 3.66. The third kappa shape index (κ3) is 2.06. The van der Waals surface area contributed by atoms with E-state index in [4.69, 9.17) is 0 Å². The van der Waals surface area contributed by atoms with Gasteiger partial charge < -0.3 is 0 Å². The molecule has 0 saturated heterocycles. The number of benzene rings is 1. The maximum absolute atomic E-state index is 12.7. The largest absolute Gasteiger partial charge is 0.265 e. The van der Waals surface area contributed by atoms with Crippen LogP contribution < -0.4 is 0 Å². The summed E-state index contributed by atoms with van der Waals surface area (Å²) in [5.41, 5.74) is 2.04. The molecule has 0 N–H and O–H groups in total. The molecule has 0 amide bonds. The van der Waals surface area contributed by atoms with Crippen molar-refractivity contribution in [1.82, 2.24) is 9.78 Å². The van der Waals surface area contributed by atoms with Gasteiger partial charge in [-0.25, -0.2) is 4.39 Å². The summed E-state index contributed by atoms with van der Waals surface area (Å²) < 4.78 is 14.6. The normalized spacial score (nSPS) is 12.7. The molecule has 78 valence electrons. The summed E-state index contributed by atoms with van der Waals surface area (Å²) in [7, 11) is 0. The van der Waals surface area contributed by atoms with Gasteiger partial charge in [0, 0.05) is 6.20 Å². The Morgan fingerprint density at radius 1 is 1.20 bits per heavy atom. The Kier molecular flexibility index (Phi) is 2.54. The van der Waals surface area contributed by atoms with Crippen molar-refractivity contribution in [2.24, 2.45) is 0 Å². The van der Waals surface area contributed by atoms with Crippen LogP contribution in [0.15, 0.2) is 36.5 Å². The molecule has 0 bridgehead atoms. The SMILES string of the molecule is Cc1ccn(C(C)c2ccc(F)cc2)n1. The predicted molar refractivity (Wildman–Crippen MR) is 57.2 cm³/mol. The molecule has 1 aromatic carbocycles. The molecule has 1 atom stereocenters. The molecular weight excluding hydrogens is 191 g/mol. The van der Waals surface area contributed by atoms with Gasteiger partial charge >= 0.3 is 0 Å². The highest BCUT2D eigenvalue weighted by molar-refractivity contribution is 5.20. The van der Waals surface area contributed by atoms with E-state index in [0.717, 1.165) is 11.3 Å². The Morgan fingerprint density at radius 3 is 2.40 bits per heavy atom. The van der Waals surface area contributed by atoms with Crippen LogP contribution in [0.4, 0.5) is 4.39 Å². The second-order valence-corrected chi connectivity index (χ2v) is 3.66. The lowest BCUT2D eigenvalue weighted by Crippen LogP contribution is -2.07. The Bertz CT molecular complexity index is 445. The van der Waals surface area contributed by atoms with E-state index in [-0.39, 0.29) is 11.9 Å². The third-order valence-electron chi connectivity index (χ3n) is 2.49. The molecule has 0 saturated carbocycles. The second kappa shape index (κ2) is 3.85. The summed E-state index contributed by atoms with van der Waals surface area (Å²) in [6.07, 6.45) is 1.93. The van der Waals surface area contributed by atoms with Crippen LogP contribution in [-0.4, -0.2) is 9.78 Å². The van der Waals surface area contributed by atoms with Gasteiger partial charge in [-0.05, 0) is 37.6 Å². The summed E-state index contributed by atoms with van der Waals surface area (Å²) in [6.45, 7) is 3.99. The van der Waals surface area contributed by atoms with Gasteiger partial charge in [-0.3, -0.25) is 4.68 Å². The van der Waals surface area contributed by atoms with E-state index in [1.807, 2.05) is 30.8 Å². The summed E-state index contributed by atoms with van der Waals surface area (Å²) in [6, 6.07) is 8.62. The minimum Gasteiger partial charge on any atom is -0.265 e. The summed E-state index contributed by atoms with van der Waals surface area (Å²) in [5, 5.41) is 4.33. The zero-order valence-electron chi connectivity index (χ0n) is 8.81. The standard InChI is InChI=1S/C12H13FN2/c1-9-7-8-15(14-9)10(2)11-3-5-12(13)6-4-11/h3-8,10H,1-2H3. The van der Waals surface area contributed by atoms with E-state index in [1.54, 1.807) is 12.1 Å². The fraction of sp³-hybridized carbons (Fsp3) is 0.250. The summed E-state index contributed by atoms with van der Waals surface area (Å²) >= 11 is 0. The average Bonchev–Trinajstić information content (AvgIpc) is 2.65. The lowest BCUT2D eigenvalue weighted by Gasteiger charge is -2.12. The molecule has 2 aromatic rings. The number of nitrogens with zero attached hydrogens (tertiary/aromatic N) is 2. The van der Waals surface area contributed by atoms with E-state index < -0.39 is 0 Å². The Labute approximate surface area is 88.4 Å². The first kappa shape index (κ1) is 9.90.